The first-order chi connectivity index (χ1) is 11.3. The highest BCUT2D eigenvalue weighted by Crippen LogP contribution is 2.25. The molecule has 3 heterocycles. The van der Waals surface area contributed by atoms with Crippen LogP contribution in [0.15, 0.2) is 22.7 Å². The van der Waals surface area contributed by atoms with Crippen molar-refractivity contribution in [2.75, 3.05) is 11.8 Å². The van der Waals surface area contributed by atoms with Crippen LogP contribution in [-0.4, -0.2) is 41.1 Å². The summed E-state index contributed by atoms with van der Waals surface area (Å²) in [5, 5.41) is 5.13. The maximum Gasteiger partial charge on any atom is 0.350 e. The molecule has 0 spiro atoms. The Kier molecular flexibility index (Phi) is 3.97. The molecule has 9 nitrogen and oxygen atoms in total. The molecule has 126 valence electrons. The summed E-state index contributed by atoms with van der Waals surface area (Å²) in [6, 6.07) is 3.23. The van der Waals surface area contributed by atoms with Gasteiger partial charge < -0.3 is 4.74 Å². The molecular weight excluding hydrogens is 354 g/mol. The topological polar surface area (TPSA) is 116 Å². The third-order valence-electron chi connectivity index (χ3n) is 3.12. The zero-order valence-electron chi connectivity index (χ0n) is 13.0. The van der Waals surface area contributed by atoms with Crippen LogP contribution in [0.1, 0.15) is 21.1 Å². The van der Waals surface area contributed by atoms with Gasteiger partial charge in [0.05, 0.1) is 12.8 Å². The van der Waals surface area contributed by atoms with Crippen LogP contribution in [0.3, 0.4) is 0 Å². The Bertz CT molecular complexity index is 1040. The Hall–Kier alpha value is -2.53. The summed E-state index contributed by atoms with van der Waals surface area (Å²) in [7, 11) is -2.85. The number of thiophene rings is 1. The Labute approximate surface area is 141 Å². The molecule has 3 aromatic heterocycles. The van der Waals surface area contributed by atoms with Crippen molar-refractivity contribution in [3.8, 4) is 0 Å². The van der Waals surface area contributed by atoms with Gasteiger partial charge >= 0.3 is 5.97 Å². The smallest absolute Gasteiger partial charge is 0.350 e. The molecule has 0 unspecified atom stereocenters. The molecule has 0 saturated carbocycles. The Morgan fingerprint density at radius 3 is 2.79 bits per heavy atom. The molecule has 1 N–H and O–H groups in total. The number of carbonyl (C=O) groups is 1. The van der Waals surface area contributed by atoms with Gasteiger partial charge in [0.15, 0.2) is 0 Å². The minimum atomic E-state index is -4.07. The molecule has 0 aliphatic rings. The van der Waals surface area contributed by atoms with Gasteiger partial charge in [0, 0.05) is 11.4 Å². The van der Waals surface area contributed by atoms with E-state index in [-0.39, 0.29) is 16.3 Å². The van der Waals surface area contributed by atoms with E-state index < -0.39 is 21.1 Å². The van der Waals surface area contributed by atoms with Gasteiger partial charge in [-0.1, -0.05) is 0 Å². The van der Waals surface area contributed by atoms with E-state index in [2.05, 4.69) is 24.5 Å². The minimum absolute atomic E-state index is 0.117. The molecule has 0 radical (unpaired) electrons. The van der Waals surface area contributed by atoms with E-state index in [1.807, 2.05) is 0 Å². The molecule has 0 bridgehead atoms. The monoisotopic (exact) mass is 367 g/mol. The van der Waals surface area contributed by atoms with Crippen LogP contribution < -0.4 is 4.72 Å². The predicted octanol–water partition coefficient (Wildman–Crippen LogP) is 1.39. The number of anilines is 1. The normalized spacial score (nSPS) is 11.6. The van der Waals surface area contributed by atoms with Crippen LogP contribution in [0.25, 0.3) is 5.78 Å². The van der Waals surface area contributed by atoms with Crippen molar-refractivity contribution in [2.24, 2.45) is 0 Å². The van der Waals surface area contributed by atoms with E-state index in [0.717, 1.165) is 11.3 Å². The number of hydrogen-bond acceptors (Lipinski definition) is 8. The van der Waals surface area contributed by atoms with Crippen molar-refractivity contribution in [3.63, 3.8) is 0 Å². The molecule has 0 aromatic carbocycles. The van der Waals surface area contributed by atoms with Crippen LogP contribution in [0, 0.1) is 13.8 Å². The number of nitrogens with one attached hydrogen (secondary N) is 1. The van der Waals surface area contributed by atoms with E-state index in [1.165, 1.54) is 17.7 Å². The average Bonchev–Trinajstić information content (AvgIpc) is 3.13. The summed E-state index contributed by atoms with van der Waals surface area (Å²) in [6.45, 7) is 3.55. The van der Waals surface area contributed by atoms with E-state index in [0.29, 0.717) is 11.4 Å². The maximum absolute atomic E-state index is 12.5. The molecule has 0 aliphatic carbocycles. The largest absolute Gasteiger partial charge is 0.465 e. The number of sulfonamides is 1. The third-order valence-corrected chi connectivity index (χ3v) is 5.16. The first-order valence-corrected chi connectivity index (χ1v) is 9.08. The number of ether oxygens (including phenoxy) is 1. The SMILES string of the molecule is COC(=O)c1sccc1NS(=O)(=O)c1nc2nc(C)cc(C)n2n1. The summed E-state index contributed by atoms with van der Waals surface area (Å²) >= 11 is 1.07. The molecular formula is C13H13N5O4S2. The van der Waals surface area contributed by atoms with Crippen molar-refractivity contribution >= 4 is 38.8 Å². The number of hydrogen-bond donors (Lipinski definition) is 1. The first-order valence-electron chi connectivity index (χ1n) is 6.71. The number of fused-ring (bicyclic) bond motifs is 1. The van der Waals surface area contributed by atoms with Gasteiger partial charge in [0.25, 0.3) is 21.0 Å². The molecule has 3 aromatic rings. The van der Waals surface area contributed by atoms with Crippen molar-refractivity contribution in [1.82, 2.24) is 19.6 Å². The highest BCUT2D eigenvalue weighted by molar-refractivity contribution is 7.92. The zero-order valence-corrected chi connectivity index (χ0v) is 14.6. The highest BCUT2D eigenvalue weighted by atomic mass is 32.2. The van der Waals surface area contributed by atoms with Gasteiger partial charge in [-0.15, -0.1) is 16.4 Å². The Morgan fingerprint density at radius 2 is 2.08 bits per heavy atom. The second-order valence-electron chi connectivity index (χ2n) is 4.91. The number of carbonyl (C=O) groups excluding carboxylic acids is 1. The fourth-order valence-electron chi connectivity index (χ4n) is 2.09. The summed E-state index contributed by atoms with van der Waals surface area (Å²) < 4.78 is 33.3. The number of esters is 1. The standard InChI is InChI=1S/C13H13N5O4S2/c1-7-6-8(2)18-12(14-7)15-13(16-18)24(20,21)17-9-4-5-23-10(9)11(19)22-3/h4-6,17H,1-3H3. The predicted molar refractivity (Wildman–Crippen MR) is 86.7 cm³/mol. The molecule has 0 atom stereocenters. The quantitative estimate of drug-likeness (QED) is 0.693. The van der Waals surface area contributed by atoms with Crippen LogP contribution in [-0.2, 0) is 14.8 Å². The van der Waals surface area contributed by atoms with E-state index in [9.17, 15) is 13.2 Å². The minimum Gasteiger partial charge on any atom is -0.465 e. The van der Waals surface area contributed by atoms with Crippen LogP contribution in [0.2, 0.25) is 0 Å². The second kappa shape index (κ2) is 5.83. The van der Waals surface area contributed by atoms with Crippen molar-refractivity contribution in [1.29, 1.82) is 0 Å². The summed E-state index contributed by atoms with van der Waals surface area (Å²) in [6.07, 6.45) is 0. The zero-order chi connectivity index (χ0) is 17.5. The van der Waals surface area contributed by atoms with Crippen molar-refractivity contribution in [3.05, 3.63) is 33.8 Å². The number of methoxy groups -OCH3 is 1. The van der Waals surface area contributed by atoms with Gasteiger partial charge in [0.2, 0.25) is 0 Å². The maximum atomic E-state index is 12.5. The van der Waals surface area contributed by atoms with Gasteiger partial charge in [-0.05, 0) is 31.4 Å². The van der Waals surface area contributed by atoms with Gasteiger partial charge in [-0.25, -0.2) is 14.3 Å². The molecule has 11 heteroatoms. The lowest BCUT2D eigenvalue weighted by Crippen LogP contribution is -2.16. The molecule has 0 amide bonds. The number of aryl methyl sites for hydroxylation is 2. The van der Waals surface area contributed by atoms with Gasteiger partial charge in [-0.2, -0.15) is 13.4 Å². The Balaban J connectivity index is 2.01. The highest BCUT2D eigenvalue weighted by Gasteiger charge is 2.25. The fourth-order valence-corrected chi connectivity index (χ4v) is 3.86. The van der Waals surface area contributed by atoms with Crippen molar-refractivity contribution < 1.29 is 17.9 Å². The summed E-state index contributed by atoms with van der Waals surface area (Å²) in [5.41, 5.74) is 1.53. The second-order valence-corrected chi connectivity index (χ2v) is 7.40. The summed E-state index contributed by atoms with van der Waals surface area (Å²) in [5.74, 6) is -0.440. The first kappa shape index (κ1) is 16.3. The van der Waals surface area contributed by atoms with Crippen molar-refractivity contribution in [2.45, 2.75) is 19.0 Å². The number of nitrogens with zero attached hydrogens (tertiary/aromatic N) is 4. The lowest BCUT2D eigenvalue weighted by atomic mass is 10.4. The van der Waals surface area contributed by atoms with E-state index in [1.54, 1.807) is 25.3 Å². The molecule has 0 aliphatic heterocycles. The third kappa shape index (κ3) is 2.83. The van der Waals surface area contributed by atoms with Gasteiger partial charge in [-0.3, -0.25) is 4.72 Å². The lowest BCUT2D eigenvalue weighted by Gasteiger charge is -2.04. The molecule has 0 fully saturated rings. The molecule has 0 saturated heterocycles. The average molecular weight is 367 g/mol. The lowest BCUT2D eigenvalue weighted by molar-refractivity contribution is 0.0607. The van der Waals surface area contributed by atoms with E-state index in [4.69, 9.17) is 0 Å². The van der Waals surface area contributed by atoms with Crippen LogP contribution in [0.5, 0.6) is 0 Å². The number of aromatic nitrogens is 4. The fraction of sp³-hybridized carbons (Fsp3) is 0.231. The van der Waals surface area contributed by atoms with E-state index >= 15 is 0 Å². The number of rotatable bonds is 4. The Morgan fingerprint density at radius 1 is 1.33 bits per heavy atom. The van der Waals surface area contributed by atoms with Gasteiger partial charge in [0.1, 0.15) is 4.88 Å². The molecule has 24 heavy (non-hydrogen) atoms. The van der Waals surface area contributed by atoms with Crippen LogP contribution in [0.4, 0.5) is 5.69 Å². The molecule has 3 rings (SSSR count). The summed E-state index contributed by atoms with van der Waals surface area (Å²) in [4.78, 5) is 19.9. The van der Waals surface area contributed by atoms with Crippen LogP contribution >= 0.6 is 11.3 Å².